The quantitative estimate of drug-likeness (QED) is 0.209. The molecule has 1 amide bonds. The standard InChI is InChI=1S/C33H35N7O2/c1-4-29(41)40-16-8-11-25(21-40)38-32-28(24-18-37-39(3)20-24)19-36-33(35)30(32)31(34)23-10-5-6-12-26(15-14-23)42-27-13-7-9-22(2)17-27/h4,7,9-10,13-15,17-20,25-26,34H,1,5,8,11,16,21H2,2-3H3,(H3,35,36,38). The van der Waals surface area contributed by atoms with E-state index in [9.17, 15) is 10.2 Å². The first-order valence-electron chi connectivity index (χ1n) is 14.0. The van der Waals surface area contributed by atoms with Gasteiger partial charge < -0.3 is 20.7 Å². The second kappa shape index (κ2) is 12.6. The van der Waals surface area contributed by atoms with Gasteiger partial charge in [-0.1, -0.05) is 42.7 Å². The number of nitrogens with two attached hydrogens (primary N) is 1. The van der Waals surface area contributed by atoms with Crippen LogP contribution in [0.2, 0.25) is 0 Å². The van der Waals surface area contributed by atoms with Gasteiger partial charge in [-0.3, -0.25) is 14.9 Å². The van der Waals surface area contributed by atoms with Gasteiger partial charge in [0.15, 0.2) is 6.10 Å². The third-order valence-electron chi connectivity index (χ3n) is 7.29. The first-order valence-corrected chi connectivity index (χ1v) is 14.0. The minimum atomic E-state index is -0.464. The third kappa shape index (κ3) is 6.44. The van der Waals surface area contributed by atoms with Crippen molar-refractivity contribution in [3.05, 3.63) is 90.4 Å². The Labute approximate surface area is 246 Å². The van der Waals surface area contributed by atoms with E-state index in [1.54, 1.807) is 22.0 Å². The molecule has 2 aliphatic rings. The molecule has 0 spiro atoms. The average molecular weight is 562 g/mol. The lowest BCUT2D eigenvalue weighted by atomic mass is 9.94. The number of benzene rings is 1. The van der Waals surface area contributed by atoms with Crippen molar-refractivity contribution in [2.75, 3.05) is 24.1 Å². The summed E-state index contributed by atoms with van der Waals surface area (Å²) >= 11 is 0. The van der Waals surface area contributed by atoms with Crippen LogP contribution in [0.3, 0.4) is 0 Å². The molecule has 3 aromatic rings. The fourth-order valence-corrected chi connectivity index (χ4v) is 5.20. The lowest BCUT2D eigenvalue weighted by Crippen LogP contribution is -2.44. The van der Waals surface area contributed by atoms with Gasteiger partial charge in [0.05, 0.1) is 23.2 Å². The highest BCUT2D eigenvalue weighted by atomic mass is 16.5. The van der Waals surface area contributed by atoms with E-state index in [2.05, 4.69) is 33.8 Å². The molecule has 0 saturated carbocycles. The van der Waals surface area contributed by atoms with Gasteiger partial charge in [0.1, 0.15) is 11.6 Å². The normalized spacial score (nSPS) is 18.1. The summed E-state index contributed by atoms with van der Waals surface area (Å²) in [7, 11) is 1.85. The van der Waals surface area contributed by atoms with E-state index < -0.39 is 6.10 Å². The number of rotatable bonds is 8. The van der Waals surface area contributed by atoms with E-state index in [-0.39, 0.29) is 23.5 Å². The highest BCUT2D eigenvalue weighted by Gasteiger charge is 2.27. The lowest BCUT2D eigenvalue weighted by molar-refractivity contribution is -0.127. The fraction of sp³-hybridized carbons (Fsp3) is 0.273. The maximum Gasteiger partial charge on any atom is 0.246 e. The molecule has 9 heteroatoms. The summed E-state index contributed by atoms with van der Waals surface area (Å²) in [5.41, 5.74) is 11.3. The second-order valence-corrected chi connectivity index (χ2v) is 10.5. The summed E-state index contributed by atoms with van der Waals surface area (Å²) in [6.45, 7) is 6.86. The summed E-state index contributed by atoms with van der Waals surface area (Å²) in [5, 5.41) is 17.3. The number of hydrogen-bond donors (Lipinski definition) is 3. The van der Waals surface area contributed by atoms with Gasteiger partial charge in [-0.2, -0.15) is 5.10 Å². The van der Waals surface area contributed by atoms with E-state index in [0.29, 0.717) is 36.3 Å². The number of piperidine rings is 1. The molecule has 1 aromatic carbocycles. The van der Waals surface area contributed by atoms with Gasteiger partial charge in [-0.25, -0.2) is 4.98 Å². The van der Waals surface area contributed by atoms with Crippen LogP contribution in [-0.4, -0.2) is 56.5 Å². The molecule has 0 bridgehead atoms. The number of ether oxygens (including phenoxy) is 1. The molecular weight excluding hydrogens is 526 g/mol. The van der Waals surface area contributed by atoms with E-state index in [4.69, 9.17) is 10.5 Å². The molecule has 1 saturated heterocycles. The summed E-state index contributed by atoms with van der Waals surface area (Å²) in [6, 6.07) is 7.79. The van der Waals surface area contributed by atoms with Crippen LogP contribution in [0.25, 0.3) is 11.1 Å². The van der Waals surface area contributed by atoms with Crippen molar-refractivity contribution in [1.29, 1.82) is 5.41 Å². The average Bonchev–Trinajstić information content (AvgIpc) is 3.40. The van der Waals surface area contributed by atoms with Gasteiger partial charge in [0, 0.05) is 56.1 Å². The number of nitrogens with zero attached hydrogens (tertiary/aromatic N) is 4. The van der Waals surface area contributed by atoms with Crippen molar-refractivity contribution in [2.24, 2.45) is 7.05 Å². The van der Waals surface area contributed by atoms with Crippen LogP contribution in [0, 0.1) is 24.2 Å². The SMILES string of the molecule is C=CC(=O)N1CCCC(Nc2c(-c3cnn(C)c3)cnc(N)c2C(=N)C2=CCC#CC(Oc3cccc(C)c3)C=C2)C1. The Morgan fingerprint density at radius 1 is 1.33 bits per heavy atom. The summed E-state index contributed by atoms with van der Waals surface area (Å²) < 4.78 is 7.84. The number of aromatic nitrogens is 3. The monoisotopic (exact) mass is 561 g/mol. The van der Waals surface area contributed by atoms with Crippen molar-refractivity contribution in [3.63, 3.8) is 0 Å². The highest BCUT2D eigenvalue weighted by Crippen LogP contribution is 2.36. The molecule has 42 heavy (non-hydrogen) atoms. The van der Waals surface area contributed by atoms with Crippen LogP contribution >= 0.6 is 0 Å². The summed E-state index contributed by atoms with van der Waals surface area (Å²) in [6.07, 6.45) is 14.1. The number of hydrogen-bond acceptors (Lipinski definition) is 7. The predicted molar refractivity (Wildman–Crippen MR) is 166 cm³/mol. The Morgan fingerprint density at radius 2 is 2.19 bits per heavy atom. The molecule has 2 unspecified atom stereocenters. The molecule has 1 aliphatic heterocycles. The van der Waals surface area contributed by atoms with Gasteiger partial charge in [0.25, 0.3) is 0 Å². The van der Waals surface area contributed by atoms with Crippen LogP contribution in [-0.2, 0) is 11.8 Å². The minimum Gasteiger partial charge on any atom is -0.474 e. The minimum absolute atomic E-state index is 0.0498. The number of aryl methyl sites for hydroxylation is 2. The maximum atomic E-state index is 12.4. The Balaban J connectivity index is 1.49. The molecule has 0 radical (unpaired) electrons. The van der Waals surface area contributed by atoms with E-state index in [0.717, 1.165) is 35.3 Å². The summed E-state index contributed by atoms with van der Waals surface area (Å²) in [5.74, 6) is 7.17. The topological polar surface area (TPSA) is 122 Å². The predicted octanol–water partition coefficient (Wildman–Crippen LogP) is 4.67. The van der Waals surface area contributed by atoms with Gasteiger partial charge >= 0.3 is 0 Å². The van der Waals surface area contributed by atoms with Crippen LogP contribution in [0.15, 0.2) is 79.3 Å². The van der Waals surface area contributed by atoms with E-state index in [1.165, 1.54) is 6.08 Å². The Bertz CT molecular complexity index is 1640. The number of pyridine rings is 1. The summed E-state index contributed by atoms with van der Waals surface area (Å²) in [4.78, 5) is 18.7. The number of carbonyl (C=O) groups is 1. The van der Waals surface area contributed by atoms with Crippen LogP contribution in [0.1, 0.15) is 30.4 Å². The van der Waals surface area contributed by atoms with E-state index in [1.807, 2.05) is 62.7 Å². The Kier molecular flexibility index (Phi) is 8.53. The molecule has 3 heterocycles. The molecule has 2 aromatic heterocycles. The molecule has 9 nitrogen and oxygen atoms in total. The number of anilines is 2. The highest BCUT2D eigenvalue weighted by molar-refractivity contribution is 6.19. The molecular formula is C33H35N7O2. The largest absolute Gasteiger partial charge is 0.474 e. The number of carbonyl (C=O) groups excluding carboxylic acids is 1. The van der Waals surface area contributed by atoms with Crippen molar-refractivity contribution < 1.29 is 9.53 Å². The van der Waals surface area contributed by atoms with E-state index >= 15 is 0 Å². The zero-order chi connectivity index (χ0) is 29.6. The zero-order valence-electron chi connectivity index (χ0n) is 23.9. The number of nitrogens with one attached hydrogen (secondary N) is 2. The number of amides is 1. The molecule has 214 valence electrons. The van der Waals surface area contributed by atoms with Crippen molar-refractivity contribution in [2.45, 2.75) is 38.3 Å². The Morgan fingerprint density at radius 3 is 2.95 bits per heavy atom. The first-order chi connectivity index (χ1) is 20.3. The third-order valence-corrected chi connectivity index (χ3v) is 7.29. The number of likely N-dealkylation sites (tertiary alicyclic amines) is 1. The van der Waals surface area contributed by atoms with Crippen molar-refractivity contribution in [3.8, 4) is 28.7 Å². The smallest absolute Gasteiger partial charge is 0.246 e. The lowest BCUT2D eigenvalue weighted by Gasteiger charge is -2.34. The molecule has 1 fully saturated rings. The van der Waals surface area contributed by atoms with Crippen LogP contribution in [0.5, 0.6) is 5.75 Å². The maximum absolute atomic E-state index is 12.4. The molecule has 2 atom stereocenters. The van der Waals surface area contributed by atoms with Crippen LogP contribution in [0.4, 0.5) is 11.5 Å². The number of allylic oxidation sites excluding steroid dienone is 3. The first kappa shape index (κ1) is 28.4. The second-order valence-electron chi connectivity index (χ2n) is 10.5. The van der Waals surface area contributed by atoms with Gasteiger partial charge in [0.2, 0.25) is 5.91 Å². The molecule has 4 N–H and O–H groups in total. The zero-order valence-corrected chi connectivity index (χ0v) is 23.9. The Hall–Kier alpha value is -5.10. The van der Waals surface area contributed by atoms with Gasteiger partial charge in [-0.05, 0) is 55.2 Å². The van der Waals surface area contributed by atoms with Gasteiger partial charge in [-0.15, -0.1) is 0 Å². The molecule has 1 aliphatic carbocycles. The van der Waals surface area contributed by atoms with Crippen molar-refractivity contribution >= 4 is 23.1 Å². The number of nitrogen functional groups attached to an aromatic ring is 1. The fourth-order valence-electron chi connectivity index (χ4n) is 5.20. The van der Waals surface area contributed by atoms with Crippen molar-refractivity contribution in [1.82, 2.24) is 19.7 Å². The van der Waals surface area contributed by atoms with Crippen LogP contribution < -0.4 is 15.8 Å². The molecule has 5 rings (SSSR count).